The summed E-state index contributed by atoms with van der Waals surface area (Å²) in [7, 11) is 0. The van der Waals surface area contributed by atoms with Gasteiger partial charge >= 0.3 is 0 Å². The number of hydrogen-bond donors (Lipinski definition) is 0. The second-order valence-electron chi connectivity index (χ2n) is 4.34. The minimum absolute atomic E-state index is 0.579. The first-order chi connectivity index (χ1) is 7.93. The van der Waals surface area contributed by atoms with Crippen LogP contribution in [0.3, 0.4) is 0 Å². The highest BCUT2D eigenvalue weighted by atomic mass is 32.2. The van der Waals surface area contributed by atoms with Gasteiger partial charge in [0.25, 0.3) is 0 Å². The van der Waals surface area contributed by atoms with Crippen molar-refractivity contribution in [1.29, 1.82) is 0 Å². The number of rotatable bonds is 1. The van der Waals surface area contributed by atoms with Crippen LogP contribution in [0.1, 0.15) is 32.1 Å². The molecule has 1 heterocycles. The molecule has 4 heteroatoms. The Morgan fingerprint density at radius 3 is 2.81 bits per heavy atom. The molecule has 84 valence electrons. The van der Waals surface area contributed by atoms with Gasteiger partial charge in [-0.25, -0.2) is 4.41 Å². The van der Waals surface area contributed by atoms with Gasteiger partial charge in [0, 0.05) is 11.9 Å². The molecular formula is C12H15N3S. The van der Waals surface area contributed by atoms with E-state index in [9.17, 15) is 0 Å². The van der Waals surface area contributed by atoms with Crippen LogP contribution in [0.5, 0.6) is 0 Å². The fraction of sp³-hybridized carbons (Fsp3) is 0.500. The summed E-state index contributed by atoms with van der Waals surface area (Å²) in [4.78, 5) is 1.23. The zero-order valence-electron chi connectivity index (χ0n) is 9.17. The zero-order valence-corrected chi connectivity index (χ0v) is 9.99. The minimum Gasteiger partial charge on any atom is -0.212 e. The first-order valence-electron chi connectivity index (χ1n) is 5.91. The number of benzene rings is 1. The largest absolute Gasteiger partial charge is 0.212 e. The van der Waals surface area contributed by atoms with E-state index in [1.165, 1.54) is 37.0 Å². The number of fused-ring (bicyclic) bond motifs is 1. The molecule has 3 rings (SSSR count). The van der Waals surface area contributed by atoms with E-state index in [2.05, 4.69) is 26.9 Å². The summed E-state index contributed by atoms with van der Waals surface area (Å²) in [6.07, 6.45) is 6.56. The van der Waals surface area contributed by atoms with Gasteiger partial charge in [-0.3, -0.25) is 0 Å². The van der Waals surface area contributed by atoms with Crippen molar-refractivity contribution in [2.45, 2.75) is 43.0 Å². The third-order valence-corrected chi connectivity index (χ3v) is 4.28. The lowest BCUT2D eigenvalue weighted by molar-refractivity contribution is 0.268. The van der Waals surface area contributed by atoms with Gasteiger partial charge in [-0.05, 0) is 25.0 Å². The van der Waals surface area contributed by atoms with Gasteiger partial charge in [0.2, 0.25) is 0 Å². The molecule has 1 aromatic rings. The molecule has 0 spiro atoms. The molecule has 0 saturated heterocycles. The lowest BCUT2D eigenvalue weighted by atomic mass is 9.96. The van der Waals surface area contributed by atoms with Crippen molar-refractivity contribution in [3.05, 3.63) is 24.3 Å². The van der Waals surface area contributed by atoms with Crippen molar-refractivity contribution in [3.8, 4) is 0 Å². The van der Waals surface area contributed by atoms with Crippen LogP contribution < -0.4 is 0 Å². The van der Waals surface area contributed by atoms with E-state index in [1.54, 1.807) is 11.9 Å². The molecule has 0 radical (unpaired) electrons. The molecule has 0 atom stereocenters. The molecule has 0 amide bonds. The summed E-state index contributed by atoms with van der Waals surface area (Å²) in [6.45, 7) is 0. The van der Waals surface area contributed by atoms with Crippen LogP contribution in [-0.4, -0.2) is 10.5 Å². The summed E-state index contributed by atoms with van der Waals surface area (Å²) in [5.74, 6) is 0. The van der Waals surface area contributed by atoms with E-state index in [-0.39, 0.29) is 0 Å². The Hall–Kier alpha value is -1.03. The van der Waals surface area contributed by atoms with Gasteiger partial charge < -0.3 is 0 Å². The highest BCUT2D eigenvalue weighted by molar-refractivity contribution is 7.97. The standard InChI is InChI=1S/C12H15N3S/c1-2-6-10(7-3-1)15-14-13-11-8-4-5-9-12(11)16-15/h4-5,8-10H,1-3,6-7H2. The number of nitrogens with zero attached hydrogens (tertiary/aromatic N) is 3. The summed E-state index contributed by atoms with van der Waals surface area (Å²) >= 11 is 1.74. The molecule has 0 bridgehead atoms. The molecule has 0 unspecified atom stereocenters. The van der Waals surface area contributed by atoms with E-state index < -0.39 is 0 Å². The molecule has 1 saturated carbocycles. The van der Waals surface area contributed by atoms with Gasteiger partial charge in [-0.15, -0.1) is 5.11 Å². The Morgan fingerprint density at radius 1 is 1.12 bits per heavy atom. The molecule has 1 aliphatic heterocycles. The molecule has 2 aliphatic rings. The second kappa shape index (κ2) is 4.45. The molecule has 1 aliphatic carbocycles. The second-order valence-corrected chi connectivity index (χ2v) is 5.34. The van der Waals surface area contributed by atoms with Crippen LogP contribution in [0.2, 0.25) is 0 Å². The molecule has 0 aromatic heterocycles. The summed E-state index contributed by atoms with van der Waals surface area (Å²) < 4.78 is 2.10. The maximum Gasteiger partial charge on any atom is 0.103 e. The molecule has 3 nitrogen and oxygen atoms in total. The van der Waals surface area contributed by atoms with Crippen LogP contribution in [0.4, 0.5) is 5.69 Å². The van der Waals surface area contributed by atoms with Crippen molar-refractivity contribution in [1.82, 2.24) is 4.41 Å². The van der Waals surface area contributed by atoms with Crippen LogP contribution >= 0.6 is 11.9 Å². The van der Waals surface area contributed by atoms with Crippen LogP contribution in [-0.2, 0) is 0 Å². The molecule has 0 N–H and O–H groups in total. The topological polar surface area (TPSA) is 28.0 Å². The van der Waals surface area contributed by atoms with Gasteiger partial charge in [0.1, 0.15) is 5.69 Å². The van der Waals surface area contributed by atoms with Gasteiger partial charge in [0.05, 0.1) is 10.9 Å². The predicted octanol–water partition coefficient (Wildman–Crippen LogP) is 4.34. The monoisotopic (exact) mass is 233 g/mol. The van der Waals surface area contributed by atoms with Gasteiger partial charge in [0.15, 0.2) is 0 Å². The van der Waals surface area contributed by atoms with Gasteiger partial charge in [-0.2, -0.15) is 0 Å². The quantitative estimate of drug-likeness (QED) is 0.675. The smallest absolute Gasteiger partial charge is 0.103 e. The molecule has 1 aromatic carbocycles. The van der Waals surface area contributed by atoms with Crippen molar-refractivity contribution in [3.63, 3.8) is 0 Å². The summed E-state index contributed by atoms with van der Waals surface area (Å²) in [6, 6.07) is 8.79. The van der Waals surface area contributed by atoms with E-state index in [4.69, 9.17) is 0 Å². The summed E-state index contributed by atoms with van der Waals surface area (Å²) in [5.41, 5.74) is 1.000. The maximum absolute atomic E-state index is 4.32. The predicted molar refractivity (Wildman–Crippen MR) is 65.5 cm³/mol. The van der Waals surface area contributed by atoms with Crippen LogP contribution in [0.25, 0.3) is 0 Å². The third-order valence-electron chi connectivity index (χ3n) is 3.18. The van der Waals surface area contributed by atoms with Crippen molar-refractivity contribution >= 4 is 17.6 Å². The average Bonchev–Trinajstić information content (AvgIpc) is 2.39. The first kappa shape index (κ1) is 10.1. The molecule has 16 heavy (non-hydrogen) atoms. The van der Waals surface area contributed by atoms with E-state index in [1.807, 2.05) is 12.1 Å². The fourth-order valence-electron chi connectivity index (χ4n) is 2.28. The molecule has 1 fully saturated rings. The Bertz CT molecular complexity index is 399. The Labute approximate surface area is 100 Å². The van der Waals surface area contributed by atoms with E-state index in [0.29, 0.717) is 6.04 Å². The Kier molecular flexibility index (Phi) is 2.82. The molecular weight excluding hydrogens is 218 g/mol. The van der Waals surface area contributed by atoms with E-state index >= 15 is 0 Å². The van der Waals surface area contributed by atoms with E-state index in [0.717, 1.165) is 5.69 Å². The highest BCUT2D eigenvalue weighted by Gasteiger charge is 2.24. The zero-order chi connectivity index (χ0) is 10.8. The Balaban J connectivity index is 1.77. The van der Waals surface area contributed by atoms with Crippen LogP contribution in [0, 0.1) is 0 Å². The number of hydrogen-bond acceptors (Lipinski definition) is 4. The van der Waals surface area contributed by atoms with Gasteiger partial charge in [-0.1, -0.05) is 36.6 Å². The minimum atomic E-state index is 0.579. The van der Waals surface area contributed by atoms with Crippen LogP contribution in [0.15, 0.2) is 39.5 Å². The fourth-order valence-corrected chi connectivity index (χ4v) is 3.25. The van der Waals surface area contributed by atoms with Crippen molar-refractivity contribution < 1.29 is 0 Å². The SMILES string of the molecule is c1ccc2c(c1)N=NN(C1CCCCC1)S2. The highest BCUT2D eigenvalue weighted by Crippen LogP contribution is 2.40. The van der Waals surface area contributed by atoms with Crippen molar-refractivity contribution in [2.24, 2.45) is 10.3 Å². The summed E-state index contributed by atoms with van der Waals surface area (Å²) in [5, 5.41) is 8.60. The third kappa shape index (κ3) is 1.94. The lowest BCUT2D eigenvalue weighted by Gasteiger charge is -2.31. The Morgan fingerprint density at radius 2 is 1.94 bits per heavy atom. The average molecular weight is 233 g/mol. The first-order valence-corrected chi connectivity index (χ1v) is 6.69. The maximum atomic E-state index is 4.32. The lowest BCUT2D eigenvalue weighted by Crippen LogP contribution is -2.27. The van der Waals surface area contributed by atoms with Crippen molar-refractivity contribution in [2.75, 3.05) is 0 Å². The normalized spacial score (nSPS) is 20.9.